The zero-order valence-corrected chi connectivity index (χ0v) is 15.6. The van der Waals surface area contributed by atoms with Gasteiger partial charge in [0.05, 0.1) is 18.8 Å². The zero-order chi connectivity index (χ0) is 20.0. The Hall–Kier alpha value is -3.49. The molecule has 2 aromatic heterocycles. The van der Waals surface area contributed by atoms with E-state index in [0.29, 0.717) is 23.6 Å². The number of hydrogen-bond acceptors (Lipinski definition) is 5. The highest BCUT2D eigenvalue weighted by molar-refractivity contribution is 5.87. The molecule has 0 radical (unpaired) electrons. The molecule has 0 bridgehead atoms. The quantitative estimate of drug-likeness (QED) is 0.643. The second-order valence-electron chi connectivity index (χ2n) is 6.70. The van der Waals surface area contributed by atoms with Crippen LogP contribution in [-0.2, 0) is 26.7 Å². The molecule has 0 saturated heterocycles. The number of benzene rings is 1. The summed E-state index contributed by atoms with van der Waals surface area (Å²) < 4.78 is 18.3. The molecular formula is C19H19FN6O2. The minimum atomic E-state index is -0.467. The van der Waals surface area contributed by atoms with Crippen LogP contribution in [0.25, 0.3) is 11.2 Å². The predicted molar refractivity (Wildman–Crippen MR) is 105 cm³/mol. The van der Waals surface area contributed by atoms with Crippen LogP contribution < -0.4 is 16.3 Å². The summed E-state index contributed by atoms with van der Waals surface area (Å²) in [4.78, 5) is 30.0. The predicted octanol–water partition coefficient (Wildman–Crippen LogP) is 1.62. The number of aromatic nitrogens is 4. The van der Waals surface area contributed by atoms with Crippen molar-refractivity contribution in [2.75, 3.05) is 5.01 Å². The SMILES string of the molecule is C=CCn1c(=O)c2c(nc3n2CC(C)=NN3Cc2ccccc2F)n(C)c1=O. The zero-order valence-electron chi connectivity index (χ0n) is 15.6. The van der Waals surface area contributed by atoms with Crippen LogP contribution in [0.5, 0.6) is 0 Å². The maximum atomic E-state index is 14.1. The third-order valence-electron chi connectivity index (χ3n) is 4.71. The van der Waals surface area contributed by atoms with Crippen molar-refractivity contribution in [3.8, 4) is 0 Å². The molecule has 1 aliphatic rings. The van der Waals surface area contributed by atoms with Crippen molar-refractivity contribution >= 4 is 22.8 Å². The molecule has 1 aromatic carbocycles. The molecule has 0 N–H and O–H groups in total. The Balaban J connectivity index is 1.94. The van der Waals surface area contributed by atoms with Crippen LogP contribution in [0.15, 0.2) is 51.6 Å². The molecule has 0 amide bonds. The van der Waals surface area contributed by atoms with Crippen LogP contribution in [-0.4, -0.2) is 24.4 Å². The molecule has 0 unspecified atom stereocenters. The summed E-state index contributed by atoms with van der Waals surface area (Å²) in [6.07, 6.45) is 1.50. The van der Waals surface area contributed by atoms with E-state index in [1.165, 1.54) is 16.7 Å². The van der Waals surface area contributed by atoms with Gasteiger partial charge in [-0.1, -0.05) is 24.3 Å². The first-order chi connectivity index (χ1) is 13.4. The van der Waals surface area contributed by atoms with Crippen molar-refractivity contribution in [2.24, 2.45) is 12.1 Å². The van der Waals surface area contributed by atoms with Gasteiger partial charge in [0.15, 0.2) is 11.2 Å². The van der Waals surface area contributed by atoms with Crippen LogP contribution in [0.3, 0.4) is 0 Å². The lowest BCUT2D eigenvalue weighted by molar-refractivity contribution is 0.600. The Bertz CT molecular complexity index is 1250. The first kappa shape index (κ1) is 17.9. The first-order valence-corrected chi connectivity index (χ1v) is 8.78. The van der Waals surface area contributed by atoms with E-state index in [9.17, 15) is 14.0 Å². The number of hydrogen-bond donors (Lipinski definition) is 0. The summed E-state index contributed by atoms with van der Waals surface area (Å²) in [6, 6.07) is 6.43. The van der Waals surface area contributed by atoms with Gasteiger partial charge in [0.25, 0.3) is 5.56 Å². The van der Waals surface area contributed by atoms with Gasteiger partial charge in [0.2, 0.25) is 5.95 Å². The smallest absolute Gasteiger partial charge is 0.297 e. The summed E-state index contributed by atoms with van der Waals surface area (Å²) in [5.74, 6) is 0.0524. The summed E-state index contributed by atoms with van der Waals surface area (Å²) in [5.41, 5.74) is 0.882. The molecule has 0 spiro atoms. The van der Waals surface area contributed by atoms with Gasteiger partial charge in [0, 0.05) is 19.2 Å². The number of halogens is 1. The molecule has 4 rings (SSSR count). The van der Waals surface area contributed by atoms with Gasteiger partial charge in [-0.15, -0.1) is 6.58 Å². The average Bonchev–Trinajstić information content (AvgIpc) is 3.05. The first-order valence-electron chi connectivity index (χ1n) is 8.78. The lowest BCUT2D eigenvalue weighted by Crippen LogP contribution is -2.39. The Labute approximate surface area is 159 Å². The van der Waals surface area contributed by atoms with Gasteiger partial charge >= 0.3 is 5.69 Å². The molecule has 1 aliphatic heterocycles. The maximum absolute atomic E-state index is 14.1. The lowest BCUT2D eigenvalue weighted by Gasteiger charge is -2.25. The second-order valence-corrected chi connectivity index (χ2v) is 6.70. The van der Waals surface area contributed by atoms with Gasteiger partial charge in [0.1, 0.15) is 5.82 Å². The van der Waals surface area contributed by atoms with Crippen molar-refractivity contribution in [3.63, 3.8) is 0 Å². The van der Waals surface area contributed by atoms with Crippen molar-refractivity contribution in [1.29, 1.82) is 0 Å². The fourth-order valence-corrected chi connectivity index (χ4v) is 3.40. The maximum Gasteiger partial charge on any atom is 0.332 e. The van der Waals surface area contributed by atoms with E-state index in [2.05, 4.69) is 16.7 Å². The monoisotopic (exact) mass is 382 g/mol. The normalized spacial score (nSPS) is 13.5. The molecule has 144 valence electrons. The third kappa shape index (κ3) is 2.67. The third-order valence-corrected chi connectivity index (χ3v) is 4.71. The van der Waals surface area contributed by atoms with Crippen molar-refractivity contribution in [2.45, 2.75) is 26.6 Å². The highest BCUT2D eigenvalue weighted by Gasteiger charge is 2.27. The van der Waals surface area contributed by atoms with Crippen LogP contribution >= 0.6 is 0 Å². The number of fused-ring (bicyclic) bond motifs is 3. The molecule has 8 nitrogen and oxygen atoms in total. The van der Waals surface area contributed by atoms with Crippen LogP contribution in [0, 0.1) is 5.82 Å². The topological polar surface area (TPSA) is 77.4 Å². The van der Waals surface area contributed by atoms with Gasteiger partial charge < -0.3 is 0 Å². The fraction of sp³-hybridized carbons (Fsp3) is 0.263. The van der Waals surface area contributed by atoms with Crippen LogP contribution in [0.2, 0.25) is 0 Å². The number of nitrogens with zero attached hydrogens (tertiary/aromatic N) is 6. The summed E-state index contributed by atoms with van der Waals surface area (Å²) in [7, 11) is 1.57. The van der Waals surface area contributed by atoms with Crippen molar-refractivity contribution < 1.29 is 4.39 Å². The molecule has 0 fully saturated rings. The van der Waals surface area contributed by atoms with Gasteiger partial charge in [-0.05, 0) is 13.0 Å². The Morgan fingerprint density at radius 2 is 2.04 bits per heavy atom. The molecule has 9 heteroatoms. The molecule has 0 atom stereocenters. The van der Waals surface area contributed by atoms with Crippen molar-refractivity contribution in [1.82, 2.24) is 18.7 Å². The van der Waals surface area contributed by atoms with E-state index in [-0.39, 0.29) is 24.6 Å². The van der Waals surface area contributed by atoms with E-state index in [0.717, 1.165) is 10.3 Å². The molecular weight excluding hydrogens is 363 g/mol. The Morgan fingerprint density at radius 3 is 2.75 bits per heavy atom. The molecule has 0 saturated carbocycles. The number of hydrazone groups is 1. The number of imidazole rings is 1. The molecule has 3 heterocycles. The largest absolute Gasteiger partial charge is 0.332 e. The summed E-state index contributed by atoms with van der Waals surface area (Å²) in [5, 5.41) is 6.04. The molecule has 3 aromatic rings. The standard InChI is InChI=1S/C19H19FN6O2/c1-4-9-24-17(27)15-16(23(3)19(24)28)21-18-25(15)10-12(2)22-26(18)11-13-7-5-6-8-14(13)20/h4-8H,1,9-11H2,2-3H3. The van der Waals surface area contributed by atoms with E-state index >= 15 is 0 Å². The van der Waals surface area contributed by atoms with E-state index < -0.39 is 11.2 Å². The molecule has 28 heavy (non-hydrogen) atoms. The summed E-state index contributed by atoms with van der Waals surface area (Å²) in [6.45, 7) is 6.06. The van der Waals surface area contributed by atoms with E-state index in [4.69, 9.17) is 0 Å². The number of anilines is 1. The average molecular weight is 382 g/mol. The van der Waals surface area contributed by atoms with Crippen molar-refractivity contribution in [3.05, 3.63) is 69.1 Å². The van der Waals surface area contributed by atoms with Gasteiger partial charge in [-0.3, -0.25) is 18.5 Å². The number of allylic oxidation sites excluding steroid dienone is 1. The Morgan fingerprint density at radius 1 is 1.29 bits per heavy atom. The highest BCUT2D eigenvalue weighted by Crippen LogP contribution is 2.25. The van der Waals surface area contributed by atoms with Crippen LogP contribution in [0.1, 0.15) is 12.5 Å². The molecule has 0 aliphatic carbocycles. The summed E-state index contributed by atoms with van der Waals surface area (Å²) >= 11 is 0. The number of aryl methyl sites for hydroxylation is 1. The van der Waals surface area contributed by atoms with Gasteiger partial charge in [-0.25, -0.2) is 14.2 Å². The van der Waals surface area contributed by atoms with E-state index in [1.807, 2.05) is 6.92 Å². The number of rotatable bonds is 4. The Kier molecular flexibility index (Phi) is 4.21. The van der Waals surface area contributed by atoms with Crippen LogP contribution in [0.4, 0.5) is 10.3 Å². The minimum Gasteiger partial charge on any atom is -0.297 e. The minimum absolute atomic E-state index is 0.105. The fourth-order valence-electron chi connectivity index (χ4n) is 3.40. The lowest BCUT2D eigenvalue weighted by atomic mass is 10.2. The second kappa shape index (κ2) is 6.59. The van der Waals surface area contributed by atoms with E-state index in [1.54, 1.807) is 34.8 Å². The highest BCUT2D eigenvalue weighted by atomic mass is 19.1. The van der Waals surface area contributed by atoms with Gasteiger partial charge in [-0.2, -0.15) is 10.1 Å².